The van der Waals surface area contributed by atoms with Gasteiger partial charge in [-0.25, -0.2) is 4.79 Å². The van der Waals surface area contributed by atoms with Crippen molar-refractivity contribution >= 4 is 6.03 Å². The molecule has 0 atom stereocenters. The summed E-state index contributed by atoms with van der Waals surface area (Å²) in [7, 11) is 0. The molecular formula is C12H16N2O. The third-order valence-electron chi connectivity index (χ3n) is 2.49. The first-order chi connectivity index (χ1) is 7.24. The van der Waals surface area contributed by atoms with Gasteiger partial charge in [0.25, 0.3) is 0 Å². The summed E-state index contributed by atoms with van der Waals surface area (Å²) in [6, 6.07) is 8.53. The summed E-state index contributed by atoms with van der Waals surface area (Å²) in [4.78, 5) is 11.3. The van der Waals surface area contributed by atoms with Gasteiger partial charge in [-0.3, -0.25) is 0 Å². The van der Waals surface area contributed by atoms with Crippen molar-refractivity contribution in [1.29, 1.82) is 0 Å². The molecule has 0 saturated heterocycles. The number of carbonyl (C=O) groups is 1. The molecule has 3 nitrogen and oxygen atoms in total. The number of hydrogen-bond donors (Lipinski definition) is 2. The number of urea groups is 1. The second-order valence-electron chi connectivity index (χ2n) is 4.09. The van der Waals surface area contributed by atoms with Gasteiger partial charge in [0.05, 0.1) is 0 Å². The number of carbonyl (C=O) groups excluding carboxylic acids is 1. The molecule has 2 amide bonds. The molecule has 0 bridgehead atoms. The lowest BCUT2D eigenvalue weighted by atomic mass is 10.1. The van der Waals surface area contributed by atoms with Crippen molar-refractivity contribution in [1.82, 2.24) is 10.6 Å². The Labute approximate surface area is 89.9 Å². The molecule has 0 aliphatic heterocycles. The Morgan fingerprint density at radius 2 is 2.00 bits per heavy atom. The summed E-state index contributed by atoms with van der Waals surface area (Å²) in [5.41, 5.74) is 2.37. The van der Waals surface area contributed by atoms with Crippen LogP contribution in [0.25, 0.3) is 0 Å². The standard InChI is InChI=1S/C12H16N2O/c1-9-2-4-10(5-3-9)8-13-12(15)14-11-6-7-11/h2-5,11H,6-8H2,1H3,(H2,13,14,15). The Hall–Kier alpha value is -1.51. The Kier molecular flexibility index (Phi) is 2.90. The van der Waals surface area contributed by atoms with E-state index in [-0.39, 0.29) is 6.03 Å². The Balaban J connectivity index is 1.76. The van der Waals surface area contributed by atoms with Gasteiger partial charge >= 0.3 is 6.03 Å². The van der Waals surface area contributed by atoms with Gasteiger partial charge in [0.2, 0.25) is 0 Å². The lowest BCUT2D eigenvalue weighted by Crippen LogP contribution is -2.36. The smallest absolute Gasteiger partial charge is 0.315 e. The van der Waals surface area contributed by atoms with Gasteiger partial charge in [0.15, 0.2) is 0 Å². The number of aryl methyl sites for hydroxylation is 1. The lowest BCUT2D eigenvalue weighted by Gasteiger charge is -2.06. The molecule has 1 aliphatic carbocycles. The zero-order valence-electron chi connectivity index (χ0n) is 8.92. The molecule has 0 radical (unpaired) electrons. The van der Waals surface area contributed by atoms with Crippen LogP contribution in [0.15, 0.2) is 24.3 Å². The maximum Gasteiger partial charge on any atom is 0.315 e. The fraction of sp³-hybridized carbons (Fsp3) is 0.417. The van der Waals surface area contributed by atoms with Crippen LogP contribution in [-0.4, -0.2) is 12.1 Å². The number of nitrogens with one attached hydrogen (secondary N) is 2. The van der Waals surface area contributed by atoms with Crippen LogP contribution in [-0.2, 0) is 6.54 Å². The second-order valence-corrected chi connectivity index (χ2v) is 4.09. The van der Waals surface area contributed by atoms with Crippen molar-refractivity contribution in [2.75, 3.05) is 0 Å². The zero-order chi connectivity index (χ0) is 10.7. The van der Waals surface area contributed by atoms with Gasteiger partial charge < -0.3 is 10.6 Å². The quantitative estimate of drug-likeness (QED) is 0.776. The highest BCUT2D eigenvalue weighted by Gasteiger charge is 2.22. The van der Waals surface area contributed by atoms with E-state index >= 15 is 0 Å². The molecule has 1 fully saturated rings. The van der Waals surface area contributed by atoms with Crippen molar-refractivity contribution in [2.45, 2.75) is 32.4 Å². The molecule has 1 aromatic rings. The minimum atomic E-state index is -0.0573. The van der Waals surface area contributed by atoms with Crippen molar-refractivity contribution < 1.29 is 4.79 Å². The molecule has 0 unspecified atom stereocenters. The summed E-state index contributed by atoms with van der Waals surface area (Å²) in [5.74, 6) is 0. The molecule has 0 spiro atoms. The molecule has 1 saturated carbocycles. The molecule has 15 heavy (non-hydrogen) atoms. The molecule has 1 aliphatic rings. The third-order valence-corrected chi connectivity index (χ3v) is 2.49. The van der Waals surface area contributed by atoms with E-state index in [0.717, 1.165) is 18.4 Å². The van der Waals surface area contributed by atoms with Crippen LogP contribution < -0.4 is 10.6 Å². The largest absolute Gasteiger partial charge is 0.335 e. The fourth-order valence-electron chi connectivity index (χ4n) is 1.35. The summed E-state index contributed by atoms with van der Waals surface area (Å²) >= 11 is 0. The van der Waals surface area contributed by atoms with Gasteiger partial charge in [-0.2, -0.15) is 0 Å². The van der Waals surface area contributed by atoms with Crippen molar-refractivity contribution in [2.24, 2.45) is 0 Å². The molecule has 80 valence electrons. The SMILES string of the molecule is Cc1ccc(CNC(=O)NC2CC2)cc1. The van der Waals surface area contributed by atoms with Crippen LogP contribution in [0, 0.1) is 6.92 Å². The first-order valence-corrected chi connectivity index (χ1v) is 5.34. The van der Waals surface area contributed by atoms with Gasteiger partial charge in [0.1, 0.15) is 0 Å². The summed E-state index contributed by atoms with van der Waals surface area (Å²) in [6.07, 6.45) is 2.25. The number of amides is 2. The average molecular weight is 204 g/mol. The molecule has 3 heteroatoms. The maximum absolute atomic E-state index is 11.3. The minimum absolute atomic E-state index is 0.0573. The van der Waals surface area contributed by atoms with Crippen molar-refractivity contribution in [3.63, 3.8) is 0 Å². The lowest BCUT2D eigenvalue weighted by molar-refractivity contribution is 0.240. The molecule has 2 N–H and O–H groups in total. The van der Waals surface area contributed by atoms with E-state index in [1.165, 1.54) is 5.56 Å². The van der Waals surface area contributed by atoms with E-state index in [1.807, 2.05) is 12.1 Å². The predicted molar refractivity (Wildman–Crippen MR) is 59.6 cm³/mol. The van der Waals surface area contributed by atoms with Crippen LogP contribution in [0.1, 0.15) is 24.0 Å². The van der Waals surface area contributed by atoms with Crippen LogP contribution in [0.3, 0.4) is 0 Å². The van der Waals surface area contributed by atoms with E-state index in [2.05, 4.69) is 29.7 Å². The van der Waals surface area contributed by atoms with E-state index < -0.39 is 0 Å². The summed E-state index contributed by atoms with van der Waals surface area (Å²) in [6.45, 7) is 2.65. The van der Waals surface area contributed by atoms with Gasteiger partial charge in [-0.05, 0) is 25.3 Å². The summed E-state index contributed by atoms with van der Waals surface area (Å²) < 4.78 is 0. The van der Waals surface area contributed by atoms with E-state index in [9.17, 15) is 4.79 Å². The number of benzene rings is 1. The first-order valence-electron chi connectivity index (χ1n) is 5.34. The Bertz CT molecular complexity index is 341. The average Bonchev–Trinajstić information content (AvgIpc) is 3.01. The minimum Gasteiger partial charge on any atom is -0.335 e. The molecule has 1 aromatic carbocycles. The zero-order valence-corrected chi connectivity index (χ0v) is 8.92. The van der Waals surface area contributed by atoms with Gasteiger partial charge in [-0.15, -0.1) is 0 Å². The molecule has 2 rings (SSSR count). The second kappa shape index (κ2) is 4.34. The van der Waals surface area contributed by atoms with Crippen LogP contribution in [0.4, 0.5) is 4.79 Å². The molecular weight excluding hydrogens is 188 g/mol. The predicted octanol–water partition coefficient (Wildman–Crippen LogP) is 1.96. The Morgan fingerprint density at radius 1 is 1.33 bits per heavy atom. The maximum atomic E-state index is 11.3. The summed E-state index contributed by atoms with van der Waals surface area (Å²) in [5, 5.41) is 5.73. The van der Waals surface area contributed by atoms with E-state index in [4.69, 9.17) is 0 Å². The van der Waals surface area contributed by atoms with Crippen molar-refractivity contribution in [3.05, 3.63) is 35.4 Å². The fourth-order valence-corrected chi connectivity index (χ4v) is 1.35. The normalized spacial score (nSPS) is 14.7. The van der Waals surface area contributed by atoms with Crippen LogP contribution >= 0.6 is 0 Å². The first kappa shape index (κ1) is 10.0. The van der Waals surface area contributed by atoms with Crippen LogP contribution in [0.5, 0.6) is 0 Å². The highest BCUT2D eigenvalue weighted by Crippen LogP contribution is 2.18. The van der Waals surface area contributed by atoms with Crippen LogP contribution in [0.2, 0.25) is 0 Å². The van der Waals surface area contributed by atoms with Gasteiger partial charge in [0, 0.05) is 12.6 Å². The van der Waals surface area contributed by atoms with Gasteiger partial charge in [-0.1, -0.05) is 29.8 Å². The molecule has 0 heterocycles. The third kappa shape index (κ3) is 3.27. The highest BCUT2D eigenvalue weighted by molar-refractivity contribution is 5.74. The Morgan fingerprint density at radius 3 is 2.60 bits per heavy atom. The number of hydrogen-bond acceptors (Lipinski definition) is 1. The topological polar surface area (TPSA) is 41.1 Å². The molecule has 0 aromatic heterocycles. The van der Waals surface area contributed by atoms with Crippen molar-refractivity contribution in [3.8, 4) is 0 Å². The highest BCUT2D eigenvalue weighted by atomic mass is 16.2. The monoisotopic (exact) mass is 204 g/mol. The number of rotatable bonds is 3. The van der Waals surface area contributed by atoms with E-state index in [1.54, 1.807) is 0 Å². The van der Waals surface area contributed by atoms with E-state index in [0.29, 0.717) is 12.6 Å².